The predicted octanol–water partition coefficient (Wildman–Crippen LogP) is 2.00. The van der Waals surface area contributed by atoms with Crippen molar-refractivity contribution in [2.75, 3.05) is 44.2 Å². The number of hydrogen-bond donors (Lipinski definition) is 1. The first kappa shape index (κ1) is 18.8. The summed E-state index contributed by atoms with van der Waals surface area (Å²) in [5, 5.41) is 2.81. The second kappa shape index (κ2) is 7.81. The molecule has 3 heterocycles. The Morgan fingerprint density at radius 1 is 1.14 bits per heavy atom. The third kappa shape index (κ3) is 3.70. The third-order valence-electron chi connectivity index (χ3n) is 6.16. The lowest BCUT2D eigenvalue weighted by Gasteiger charge is -2.34. The maximum absolute atomic E-state index is 13.0. The van der Waals surface area contributed by atoms with Crippen molar-refractivity contribution in [2.45, 2.75) is 32.6 Å². The number of carbonyl (C=O) groups is 3. The molecule has 0 aromatic heterocycles. The van der Waals surface area contributed by atoms with Crippen molar-refractivity contribution in [3.63, 3.8) is 0 Å². The maximum Gasteiger partial charge on any atom is 0.322 e. The molecule has 4 amide bonds. The minimum atomic E-state index is -0.107. The highest BCUT2D eigenvalue weighted by Crippen LogP contribution is 2.26. The van der Waals surface area contributed by atoms with Crippen LogP contribution >= 0.6 is 0 Å². The zero-order valence-corrected chi connectivity index (χ0v) is 16.4. The summed E-state index contributed by atoms with van der Waals surface area (Å²) >= 11 is 0. The summed E-state index contributed by atoms with van der Waals surface area (Å²) in [4.78, 5) is 42.4. The fraction of sp³-hybridized carbons (Fsp3) is 0.571. The van der Waals surface area contributed by atoms with Gasteiger partial charge in [-0.3, -0.25) is 14.5 Å². The molecule has 150 valence electrons. The normalized spacial score (nSPS) is 20.8. The molecule has 3 aliphatic rings. The zero-order chi connectivity index (χ0) is 19.7. The molecule has 0 unspecified atom stereocenters. The number of benzene rings is 1. The van der Waals surface area contributed by atoms with Gasteiger partial charge in [0.15, 0.2) is 0 Å². The molecule has 0 aliphatic carbocycles. The summed E-state index contributed by atoms with van der Waals surface area (Å²) < 4.78 is 0. The minimum Gasteiger partial charge on any atom is -0.342 e. The predicted molar refractivity (Wildman–Crippen MR) is 106 cm³/mol. The fourth-order valence-corrected chi connectivity index (χ4v) is 4.44. The number of aryl methyl sites for hydroxylation is 1. The van der Waals surface area contributed by atoms with Crippen molar-refractivity contribution in [1.29, 1.82) is 0 Å². The lowest BCUT2D eigenvalue weighted by atomic mass is 9.95. The van der Waals surface area contributed by atoms with Gasteiger partial charge in [-0.1, -0.05) is 6.07 Å². The van der Waals surface area contributed by atoms with Crippen LogP contribution in [0.1, 0.15) is 41.6 Å². The van der Waals surface area contributed by atoms with E-state index in [4.69, 9.17) is 0 Å². The van der Waals surface area contributed by atoms with Gasteiger partial charge >= 0.3 is 6.03 Å². The Kier molecular flexibility index (Phi) is 5.24. The van der Waals surface area contributed by atoms with Crippen LogP contribution < -0.4 is 10.2 Å². The van der Waals surface area contributed by atoms with Crippen molar-refractivity contribution in [1.82, 2.24) is 15.1 Å². The first-order valence-corrected chi connectivity index (χ1v) is 10.3. The SMILES string of the molecule is Cc1ccc(C(=O)N2CCC(CN3CCCC3=O)CC2)cc1N1CCNC1=O. The van der Waals surface area contributed by atoms with Crippen LogP contribution in [0.4, 0.5) is 10.5 Å². The molecule has 7 nitrogen and oxygen atoms in total. The van der Waals surface area contributed by atoms with Crippen LogP contribution in [0.3, 0.4) is 0 Å². The Bertz CT molecular complexity index is 786. The van der Waals surface area contributed by atoms with Crippen molar-refractivity contribution >= 4 is 23.5 Å². The molecular weight excluding hydrogens is 356 g/mol. The van der Waals surface area contributed by atoms with Crippen molar-refractivity contribution in [3.8, 4) is 0 Å². The first-order chi connectivity index (χ1) is 13.5. The third-order valence-corrected chi connectivity index (χ3v) is 6.16. The summed E-state index contributed by atoms with van der Waals surface area (Å²) in [6, 6.07) is 5.51. The van der Waals surface area contributed by atoms with Crippen LogP contribution in [-0.4, -0.2) is 66.9 Å². The van der Waals surface area contributed by atoms with Crippen molar-refractivity contribution in [2.24, 2.45) is 5.92 Å². The van der Waals surface area contributed by atoms with Gasteiger partial charge in [-0.2, -0.15) is 0 Å². The molecule has 1 aromatic carbocycles. The molecule has 1 aromatic rings. The summed E-state index contributed by atoms with van der Waals surface area (Å²) in [6.45, 7) is 6.37. The molecule has 28 heavy (non-hydrogen) atoms. The van der Waals surface area contributed by atoms with E-state index in [1.54, 1.807) is 4.90 Å². The highest BCUT2D eigenvalue weighted by Gasteiger charge is 2.29. The Morgan fingerprint density at radius 3 is 2.57 bits per heavy atom. The van der Waals surface area contributed by atoms with E-state index in [-0.39, 0.29) is 17.8 Å². The molecule has 0 bridgehead atoms. The van der Waals surface area contributed by atoms with E-state index in [0.29, 0.717) is 31.0 Å². The topological polar surface area (TPSA) is 73.0 Å². The number of carbonyl (C=O) groups excluding carboxylic acids is 3. The number of amides is 4. The Morgan fingerprint density at radius 2 is 1.93 bits per heavy atom. The number of nitrogens with zero attached hydrogens (tertiary/aromatic N) is 3. The second-order valence-corrected chi connectivity index (χ2v) is 8.06. The average molecular weight is 384 g/mol. The lowest BCUT2D eigenvalue weighted by Crippen LogP contribution is -2.42. The van der Waals surface area contributed by atoms with E-state index in [0.717, 1.165) is 56.7 Å². The highest BCUT2D eigenvalue weighted by molar-refractivity contribution is 5.99. The van der Waals surface area contributed by atoms with Gasteiger partial charge in [0.25, 0.3) is 5.91 Å². The molecule has 1 N–H and O–H groups in total. The quantitative estimate of drug-likeness (QED) is 0.863. The van der Waals surface area contributed by atoms with Crippen LogP contribution in [-0.2, 0) is 4.79 Å². The molecule has 3 fully saturated rings. The number of urea groups is 1. The molecule has 4 rings (SSSR count). The van der Waals surface area contributed by atoms with Crippen LogP contribution in [0.5, 0.6) is 0 Å². The van der Waals surface area contributed by atoms with Gasteiger partial charge in [-0.05, 0) is 49.8 Å². The first-order valence-electron chi connectivity index (χ1n) is 10.3. The minimum absolute atomic E-state index is 0.0246. The molecule has 0 spiro atoms. The summed E-state index contributed by atoms with van der Waals surface area (Å²) in [5.74, 6) is 0.779. The van der Waals surface area contributed by atoms with Crippen molar-refractivity contribution < 1.29 is 14.4 Å². The summed E-state index contributed by atoms with van der Waals surface area (Å²) in [6.07, 6.45) is 3.52. The number of nitrogens with one attached hydrogen (secondary N) is 1. The molecule has 0 radical (unpaired) electrons. The van der Waals surface area contributed by atoms with E-state index < -0.39 is 0 Å². The summed E-state index contributed by atoms with van der Waals surface area (Å²) in [5.41, 5.74) is 2.43. The average Bonchev–Trinajstić information content (AvgIpc) is 3.30. The van der Waals surface area contributed by atoms with E-state index in [1.807, 2.05) is 34.9 Å². The van der Waals surface area contributed by atoms with Gasteiger partial charge in [0.05, 0.1) is 0 Å². The van der Waals surface area contributed by atoms with Crippen LogP contribution in [0.15, 0.2) is 18.2 Å². The Hall–Kier alpha value is -2.57. The van der Waals surface area contributed by atoms with E-state index in [2.05, 4.69) is 5.32 Å². The summed E-state index contributed by atoms with van der Waals surface area (Å²) in [7, 11) is 0. The lowest BCUT2D eigenvalue weighted by molar-refractivity contribution is -0.128. The van der Waals surface area contributed by atoms with Crippen LogP contribution in [0.2, 0.25) is 0 Å². The molecular formula is C21H28N4O3. The van der Waals surface area contributed by atoms with Crippen molar-refractivity contribution in [3.05, 3.63) is 29.3 Å². The smallest absolute Gasteiger partial charge is 0.322 e. The monoisotopic (exact) mass is 384 g/mol. The van der Waals surface area contributed by atoms with E-state index >= 15 is 0 Å². The standard InChI is InChI=1S/C21H28N4O3/c1-15-4-5-17(13-18(15)25-12-8-22-21(25)28)20(27)23-10-6-16(7-11-23)14-24-9-2-3-19(24)26/h4-5,13,16H,2-3,6-12,14H2,1H3,(H,22,28). The van der Waals surface area contributed by atoms with Gasteiger partial charge in [0, 0.05) is 56.9 Å². The number of rotatable bonds is 4. The van der Waals surface area contributed by atoms with Gasteiger partial charge in [0.2, 0.25) is 5.91 Å². The second-order valence-electron chi connectivity index (χ2n) is 8.06. The highest BCUT2D eigenvalue weighted by atomic mass is 16.2. The number of piperidine rings is 1. The van der Waals surface area contributed by atoms with Gasteiger partial charge < -0.3 is 15.1 Å². The van der Waals surface area contributed by atoms with E-state index in [1.165, 1.54) is 0 Å². The maximum atomic E-state index is 13.0. The number of hydrogen-bond acceptors (Lipinski definition) is 3. The molecule has 3 aliphatic heterocycles. The molecule has 0 atom stereocenters. The molecule has 3 saturated heterocycles. The fourth-order valence-electron chi connectivity index (χ4n) is 4.44. The van der Waals surface area contributed by atoms with Gasteiger partial charge in [-0.15, -0.1) is 0 Å². The Balaban J connectivity index is 1.39. The molecule has 7 heteroatoms. The van der Waals surface area contributed by atoms with Gasteiger partial charge in [-0.25, -0.2) is 4.79 Å². The molecule has 0 saturated carbocycles. The van der Waals surface area contributed by atoms with Gasteiger partial charge in [0.1, 0.15) is 0 Å². The van der Waals surface area contributed by atoms with Crippen LogP contribution in [0, 0.1) is 12.8 Å². The number of likely N-dealkylation sites (tertiary alicyclic amines) is 2. The van der Waals surface area contributed by atoms with Crippen LogP contribution in [0.25, 0.3) is 0 Å². The largest absolute Gasteiger partial charge is 0.342 e. The Labute approximate surface area is 165 Å². The zero-order valence-electron chi connectivity index (χ0n) is 16.4. The van der Waals surface area contributed by atoms with E-state index in [9.17, 15) is 14.4 Å². The number of anilines is 1.